The zero-order valence-corrected chi connectivity index (χ0v) is 7.11. The fourth-order valence-electron chi connectivity index (χ4n) is 1.03. The van der Waals surface area contributed by atoms with Crippen molar-refractivity contribution < 1.29 is 4.74 Å². The minimum absolute atomic E-state index is 0.264. The van der Waals surface area contributed by atoms with Gasteiger partial charge in [0.25, 0.3) is 0 Å². The summed E-state index contributed by atoms with van der Waals surface area (Å²) in [4.78, 5) is 11.9. The van der Waals surface area contributed by atoms with E-state index in [1.807, 2.05) is 6.92 Å². The fourth-order valence-corrected chi connectivity index (χ4v) is 1.03. The largest absolute Gasteiger partial charge is 0.451 e. The van der Waals surface area contributed by atoms with Crippen molar-refractivity contribution >= 4 is 23.7 Å². The van der Waals surface area contributed by atoms with E-state index in [0.29, 0.717) is 23.9 Å². The van der Waals surface area contributed by atoms with Crippen LogP contribution in [-0.4, -0.2) is 22.9 Å². The number of fused-ring (bicyclic) bond motifs is 1. The summed E-state index contributed by atoms with van der Waals surface area (Å²) in [5, 5.41) is 2.84. The van der Waals surface area contributed by atoms with E-state index in [9.17, 15) is 0 Å². The molecule has 67 valence electrons. The number of hydrogen-bond donors (Lipinski definition) is 2. The predicted octanol–water partition coefficient (Wildman–Crippen LogP) is -0.121. The Labute approximate surface area is 74.9 Å². The Morgan fingerprint density at radius 1 is 1.62 bits per heavy atom. The Hall–Kier alpha value is -1.85. The Morgan fingerprint density at radius 2 is 2.46 bits per heavy atom. The summed E-state index contributed by atoms with van der Waals surface area (Å²) in [7, 11) is 0. The van der Waals surface area contributed by atoms with E-state index in [4.69, 9.17) is 10.5 Å². The Bertz CT molecular complexity index is 362. The van der Waals surface area contributed by atoms with Gasteiger partial charge in [-0.2, -0.15) is 4.98 Å². The number of hydrogen-bond acceptors (Lipinski definition) is 6. The summed E-state index contributed by atoms with van der Waals surface area (Å²) in [6.45, 7) is 2.36. The van der Waals surface area contributed by atoms with E-state index >= 15 is 0 Å². The average Bonchev–Trinajstić information content (AvgIpc) is 2.53. The molecule has 2 heterocycles. The van der Waals surface area contributed by atoms with Crippen LogP contribution in [0.2, 0.25) is 0 Å². The van der Waals surface area contributed by atoms with Gasteiger partial charge in [0, 0.05) is 0 Å². The normalized spacial score (nSPS) is 12.4. The number of anilines is 2. The maximum atomic E-state index is 5.63. The highest BCUT2D eigenvalue weighted by Gasteiger charge is 2.24. The lowest BCUT2D eigenvalue weighted by Gasteiger charge is -1.98. The third-order valence-corrected chi connectivity index (χ3v) is 1.57. The Balaban J connectivity index is 2.42. The lowest BCUT2D eigenvalue weighted by Crippen LogP contribution is -2.03. The van der Waals surface area contributed by atoms with Crippen molar-refractivity contribution in [2.24, 2.45) is 0 Å². The average molecular weight is 179 g/mol. The van der Waals surface area contributed by atoms with Crippen molar-refractivity contribution in [2.45, 2.75) is 6.92 Å². The molecule has 0 saturated heterocycles. The topological polar surface area (TPSA) is 87.2 Å². The number of nitrogen functional groups attached to an aromatic ring is 1. The number of aliphatic imine (C=N–C) groups is 1. The van der Waals surface area contributed by atoms with Gasteiger partial charge >= 0.3 is 11.8 Å². The molecule has 0 amide bonds. The molecule has 1 aromatic rings. The third-order valence-electron chi connectivity index (χ3n) is 1.57. The summed E-state index contributed by atoms with van der Waals surface area (Å²) in [5.74, 6) is 0.877. The second-order valence-electron chi connectivity index (χ2n) is 2.43. The number of rotatable bonds is 2. The summed E-state index contributed by atoms with van der Waals surface area (Å²) in [6.07, 6.45) is 1.52. The molecule has 0 bridgehead atoms. The highest BCUT2D eigenvalue weighted by molar-refractivity contribution is 5.92. The van der Waals surface area contributed by atoms with Gasteiger partial charge in [0.2, 0.25) is 12.0 Å². The van der Waals surface area contributed by atoms with Gasteiger partial charge in [0.05, 0.1) is 6.61 Å². The molecule has 0 aromatic carbocycles. The molecule has 0 unspecified atom stereocenters. The lowest BCUT2D eigenvalue weighted by molar-refractivity contribution is 0.313. The van der Waals surface area contributed by atoms with Crippen molar-refractivity contribution in [1.29, 1.82) is 0 Å². The number of nitrogens with one attached hydrogen (secondary N) is 1. The van der Waals surface area contributed by atoms with Gasteiger partial charge in [-0.3, -0.25) is 5.32 Å². The van der Waals surface area contributed by atoms with Crippen LogP contribution in [0, 0.1) is 0 Å². The van der Waals surface area contributed by atoms with Crippen LogP contribution in [0.4, 0.5) is 17.3 Å². The lowest BCUT2D eigenvalue weighted by atomic mass is 10.4. The van der Waals surface area contributed by atoms with Crippen LogP contribution in [0.3, 0.4) is 0 Å². The second kappa shape index (κ2) is 2.89. The zero-order valence-electron chi connectivity index (χ0n) is 7.11. The Kier molecular flexibility index (Phi) is 1.73. The van der Waals surface area contributed by atoms with Crippen molar-refractivity contribution in [3.8, 4) is 6.01 Å². The fraction of sp³-hybridized carbons (Fsp3) is 0.286. The SMILES string of the molecule is CCOc1nc(N)c2c(n1)[N+]=CN2. The molecule has 0 fully saturated rings. The summed E-state index contributed by atoms with van der Waals surface area (Å²) >= 11 is 0. The first kappa shape index (κ1) is 7.78. The minimum Gasteiger partial charge on any atom is -0.451 e. The van der Waals surface area contributed by atoms with Crippen molar-refractivity contribution in [3.63, 3.8) is 0 Å². The highest BCUT2D eigenvalue weighted by atomic mass is 16.5. The molecule has 6 heteroatoms. The summed E-state index contributed by atoms with van der Waals surface area (Å²) < 4.78 is 5.11. The predicted molar refractivity (Wildman–Crippen MR) is 49.1 cm³/mol. The molecular formula is C7H9N5O+. The summed E-state index contributed by atoms with van der Waals surface area (Å²) in [6, 6.07) is 0.264. The van der Waals surface area contributed by atoms with Crippen molar-refractivity contribution in [3.05, 3.63) is 0 Å². The first-order valence-electron chi connectivity index (χ1n) is 3.90. The van der Waals surface area contributed by atoms with Crippen LogP contribution >= 0.6 is 0 Å². The van der Waals surface area contributed by atoms with Crippen LogP contribution in [0.25, 0.3) is 0 Å². The first-order chi connectivity index (χ1) is 6.31. The third kappa shape index (κ3) is 1.26. The van der Waals surface area contributed by atoms with Crippen LogP contribution in [0.5, 0.6) is 6.01 Å². The van der Waals surface area contributed by atoms with Crippen LogP contribution in [0.15, 0.2) is 0 Å². The van der Waals surface area contributed by atoms with Gasteiger partial charge in [0.15, 0.2) is 5.82 Å². The molecule has 13 heavy (non-hydrogen) atoms. The molecule has 0 aliphatic carbocycles. The first-order valence-corrected chi connectivity index (χ1v) is 3.90. The molecule has 0 saturated carbocycles. The molecule has 0 atom stereocenters. The van der Waals surface area contributed by atoms with Crippen LogP contribution < -0.4 is 20.8 Å². The smallest absolute Gasteiger partial charge is 0.397 e. The van der Waals surface area contributed by atoms with Crippen LogP contribution in [-0.2, 0) is 0 Å². The monoisotopic (exact) mass is 179 g/mol. The van der Waals surface area contributed by atoms with Gasteiger partial charge in [0.1, 0.15) is 0 Å². The molecule has 3 N–H and O–H groups in total. The minimum atomic E-state index is 0.264. The maximum absolute atomic E-state index is 5.63. The molecular weight excluding hydrogens is 170 g/mol. The van der Waals surface area contributed by atoms with Gasteiger partial charge in [-0.05, 0) is 11.9 Å². The molecule has 1 aromatic heterocycles. The van der Waals surface area contributed by atoms with E-state index in [-0.39, 0.29) is 6.01 Å². The Morgan fingerprint density at radius 3 is 3.23 bits per heavy atom. The number of aromatic nitrogens is 2. The number of nitrogens with zero attached hydrogens (tertiary/aromatic N) is 3. The molecule has 0 spiro atoms. The number of ether oxygens (including phenoxy) is 1. The van der Waals surface area contributed by atoms with Crippen molar-refractivity contribution in [2.75, 3.05) is 17.7 Å². The van der Waals surface area contributed by atoms with Crippen LogP contribution in [0.1, 0.15) is 6.92 Å². The second-order valence-corrected chi connectivity index (χ2v) is 2.43. The van der Waals surface area contributed by atoms with E-state index in [1.165, 1.54) is 6.34 Å². The molecule has 1 aliphatic heterocycles. The zero-order chi connectivity index (χ0) is 9.26. The number of nitrogens with two attached hydrogens (primary N) is 1. The van der Waals surface area contributed by atoms with E-state index in [0.717, 1.165) is 0 Å². The highest BCUT2D eigenvalue weighted by Crippen LogP contribution is 2.27. The molecule has 6 nitrogen and oxygen atoms in total. The molecule has 1 aliphatic rings. The van der Waals surface area contributed by atoms with Crippen molar-refractivity contribution in [1.82, 2.24) is 15.0 Å². The van der Waals surface area contributed by atoms with E-state index in [2.05, 4.69) is 20.3 Å². The maximum Gasteiger partial charge on any atom is 0.397 e. The van der Waals surface area contributed by atoms with Gasteiger partial charge in [-0.1, -0.05) is 4.99 Å². The standard InChI is InChI=1S/C7H9N5O/c1-2-13-7-11-5(8)4-6(12-7)10-3-9-4/h3,9H,2H2,1H3,(H2,8,11,12)/q+1. The van der Waals surface area contributed by atoms with Gasteiger partial charge in [-0.15, -0.1) is 0 Å². The van der Waals surface area contributed by atoms with E-state index in [1.54, 1.807) is 0 Å². The van der Waals surface area contributed by atoms with E-state index < -0.39 is 0 Å². The quantitative estimate of drug-likeness (QED) is 0.660. The van der Waals surface area contributed by atoms with Gasteiger partial charge in [-0.25, -0.2) is 0 Å². The molecule has 1 radical (unpaired) electrons. The summed E-state index contributed by atoms with van der Waals surface area (Å²) in [5.41, 5.74) is 6.27. The van der Waals surface area contributed by atoms with Gasteiger partial charge < -0.3 is 10.5 Å². The molecule has 2 rings (SSSR count).